The number of hydrogen-bond acceptors (Lipinski definition) is 5. The van der Waals surface area contributed by atoms with Crippen LogP contribution in [0.3, 0.4) is 0 Å². The van der Waals surface area contributed by atoms with E-state index < -0.39 is 0 Å². The predicted molar refractivity (Wildman–Crippen MR) is 120 cm³/mol. The van der Waals surface area contributed by atoms with Gasteiger partial charge in [0.2, 0.25) is 0 Å². The van der Waals surface area contributed by atoms with Gasteiger partial charge in [-0.2, -0.15) is 0 Å². The number of allylic oxidation sites excluding steroid dienone is 1. The van der Waals surface area contributed by atoms with Crippen LogP contribution in [-0.2, 0) is 11.2 Å². The van der Waals surface area contributed by atoms with Gasteiger partial charge in [-0.1, -0.05) is 31.2 Å². The average molecular weight is 436 g/mol. The lowest BCUT2D eigenvalue weighted by Gasteiger charge is -2.45. The van der Waals surface area contributed by atoms with Gasteiger partial charge in [0.25, 0.3) is 0 Å². The number of para-hydroxylation sites is 1. The largest absolute Gasteiger partial charge is 0.497 e. The van der Waals surface area contributed by atoms with Crippen molar-refractivity contribution >= 4 is 6.09 Å². The van der Waals surface area contributed by atoms with Gasteiger partial charge in [-0.3, -0.25) is 0 Å². The summed E-state index contributed by atoms with van der Waals surface area (Å²) >= 11 is 0. The monoisotopic (exact) mass is 435 g/mol. The van der Waals surface area contributed by atoms with E-state index >= 15 is 0 Å². The van der Waals surface area contributed by atoms with Crippen molar-refractivity contribution in [1.29, 1.82) is 0 Å². The highest BCUT2D eigenvalue weighted by atomic mass is 16.6. The third-order valence-corrected chi connectivity index (χ3v) is 6.91. The van der Waals surface area contributed by atoms with E-state index in [9.17, 15) is 4.79 Å². The van der Waals surface area contributed by atoms with E-state index in [2.05, 4.69) is 19.1 Å². The summed E-state index contributed by atoms with van der Waals surface area (Å²) in [6.45, 7) is 2.73. The lowest BCUT2D eigenvalue weighted by molar-refractivity contribution is 0.0624. The van der Waals surface area contributed by atoms with Gasteiger partial charge < -0.3 is 23.8 Å². The highest BCUT2D eigenvalue weighted by molar-refractivity contribution is 5.71. The fraction of sp³-hybridized carbons (Fsp3) is 0.423. The molecule has 168 valence electrons. The number of hydrogen-bond donors (Lipinski definition) is 0. The average Bonchev–Trinajstić information content (AvgIpc) is 3.23. The molecule has 0 fully saturated rings. The molecule has 0 N–H and O–H groups in total. The molecule has 0 spiro atoms. The molecule has 6 heteroatoms. The Balaban J connectivity index is 1.53. The fourth-order valence-corrected chi connectivity index (χ4v) is 5.58. The van der Waals surface area contributed by atoms with Crippen LogP contribution in [0.2, 0.25) is 0 Å². The summed E-state index contributed by atoms with van der Waals surface area (Å²) in [5.74, 6) is 3.33. The summed E-state index contributed by atoms with van der Waals surface area (Å²) in [5, 5.41) is 0. The quantitative estimate of drug-likeness (QED) is 0.644. The van der Waals surface area contributed by atoms with E-state index in [0.717, 1.165) is 36.5 Å². The summed E-state index contributed by atoms with van der Waals surface area (Å²) in [7, 11) is 3.36. The Morgan fingerprint density at radius 2 is 1.94 bits per heavy atom. The van der Waals surface area contributed by atoms with E-state index in [1.165, 1.54) is 11.1 Å². The number of carbonyl (C=O) groups is 1. The van der Waals surface area contributed by atoms with Crippen molar-refractivity contribution in [2.24, 2.45) is 5.92 Å². The molecule has 1 heterocycles. The van der Waals surface area contributed by atoms with Gasteiger partial charge in [0.05, 0.1) is 14.2 Å². The van der Waals surface area contributed by atoms with Crippen LogP contribution in [0.25, 0.3) is 0 Å². The molecule has 5 rings (SSSR count). The maximum absolute atomic E-state index is 13.3. The molecule has 32 heavy (non-hydrogen) atoms. The first-order valence-corrected chi connectivity index (χ1v) is 11.3. The second-order valence-electron chi connectivity index (χ2n) is 8.59. The molecule has 0 bridgehead atoms. The molecular weight excluding hydrogens is 406 g/mol. The lowest BCUT2D eigenvalue weighted by atomic mass is 9.66. The molecule has 2 aromatic rings. The van der Waals surface area contributed by atoms with Gasteiger partial charge in [-0.15, -0.1) is 0 Å². The Kier molecular flexibility index (Phi) is 5.45. The Morgan fingerprint density at radius 1 is 1.12 bits per heavy atom. The highest BCUT2D eigenvalue weighted by Crippen LogP contribution is 2.57. The number of nitrogens with zero attached hydrogens (tertiary/aromatic N) is 1. The number of ether oxygens (including phenoxy) is 4. The lowest BCUT2D eigenvalue weighted by Crippen LogP contribution is -2.52. The van der Waals surface area contributed by atoms with E-state index in [4.69, 9.17) is 18.9 Å². The first kappa shape index (κ1) is 20.7. The second kappa shape index (κ2) is 8.41. The molecule has 4 atom stereocenters. The van der Waals surface area contributed by atoms with Gasteiger partial charge in [-0.05, 0) is 55.0 Å². The molecule has 0 radical (unpaired) electrons. The van der Waals surface area contributed by atoms with Crippen molar-refractivity contribution in [2.75, 3.05) is 20.8 Å². The normalized spacial score (nSPS) is 24.7. The molecular formula is C26H29NO5. The van der Waals surface area contributed by atoms with Crippen LogP contribution < -0.4 is 14.2 Å². The number of amides is 1. The Labute approximate surface area is 188 Å². The summed E-state index contributed by atoms with van der Waals surface area (Å²) in [5.41, 5.74) is 2.42. The van der Waals surface area contributed by atoms with E-state index in [1.807, 2.05) is 41.3 Å². The standard InChI is InChI=1S/C26H29NO5/c1-4-14-27(26(28)31-17-8-6-5-7-9-17)19-15-16-10-12-20(29-2)24-22(16)23-18(19)11-13-21(30-3)25(23)32-24/h5-10,12-13,18-19,23,25H,4,11,14-15H2,1-3H3/t18?,19-,23?,25?/m0/s1. The fourth-order valence-electron chi connectivity index (χ4n) is 5.58. The van der Waals surface area contributed by atoms with E-state index in [0.29, 0.717) is 12.3 Å². The number of rotatable bonds is 6. The smallest absolute Gasteiger partial charge is 0.415 e. The van der Waals surface area contributed by atoms with Crippen LogP contribution in [0.15, 0.2) is 54.3 Å². The molecule has 1 amide bonds. The third-order valence-electron chi connectivity index (χ3n) is 6.91. The molecule has 2 aliphatic carbocycles. The van der Waals surface area contributed by atoms with Gasteiger partial charge in [0.1, 0.15) is 11.5 Å². The maximum Gasteiger partial charge on any atom is 0.415 e. The maximum atomic E-state index is 13.3. The van der Waals surface area contributed by atoms with Crippen LogP contribution in [0, 0.1) is 5.92 Å². The Hall–Kier alpha value is -3.15. The zero-order valence-corrected chi connectivity index (χ0v) is 18.7. The molecule has 0 saturated heterocycles. The highest BCUT2D eigenvalue weighted by Gasteiger charge is 2.53. The zero-order chi connectivity index (χ0) is 22.2. The van der Waals surface area contributed by atoms with Crippen LogP contribution in [0.4, 0.5) is 4.79 Å². The molecule has 6 nitrogen and oxygen atoms in total. The second-order valence-corrected chi connectivity index (χ2v) is 8.59. The van der Waals surface area contributed by atoms with Crippen molar-refractivity contribution < 1.29 is 23.7 Å². The van der Waals surface area contributed by atoms with Gasteiger partial charge in [0, 0.05) is 24.1 Å². The Bertz CT molecular complexity index is 1030. The van der Waals surface area contributed by atoms with Gasteiger partial charge >= 0.3 is 6.09 Å². The molecule has 3 aliphatic rings. The van der Waals surface area contributed by atoms with Crippen LogP contribution in [-0.4, -0.2) is 43.9 Å². The molecule has 0 saturated carbocycles. The summed E-state index contributed by atoms with van der Waals surface area (Å²) < 4.78 is 23.5. The first-order valence-electron chi connectivity index (χ1n) is 11.3. The van der Waals surface area contributed by atoms with E-state index in [1.54, 1.807) is 14.2 Å². The minimum absolute atomic E-state index is 0.0174. The van der Waals surface area contributed by atoms with Crippen molar-refractivity contribution in [2.45, 2.75) is 44.2 Å². The topological polar surface area (TPSA) is 57.2 Å². The van der Waals surface area contributed by atoms with Crippen molar-refractivity contribution in [3.05, 3.63) is 65.4 Å². The number of benzene rings is 2. The SMILES string of the molecule is CCCN(C(=O)Oc1ccccc1)[C@H]1Cc2ccc(OC)c3c2C2C(O3)C(OC)=CCC21. The van der Waals surface area contributed by atoms with Crippen molar-refractivity contribution in [3.63, 3.8) is 0 Å². The molecule has 2 aromatic carbocycles. The Morgan fingerprint density at radius 3 is 2.66 bits per heavy atom. The summed E-state index contributed by atoms with van der Waals surface area (Å²) in [6.07, 6.45) is 4.08. The molecule has 1 aliphatic heterocycles. The zero-order valence-electron chi connectivity index (χ0n) is 18.7. The van der Waals surface area contributed by atoms with Crippen molar-refractivity contribution in [3.8, 4) is 17.2 Å². The first-order chi connectivity index (χ1) is 15.7. The molecule has 3 unspecified atom stereocenters. The minimum atomic E-state index is -0.294. The summed E-state index contributed by atoms with van der Waals surface area (Å²) in [4.78, 5) is 15.2. The van der Waals surface area contributed by atoms with Gasteiger partial charge in [-0.25, -0.2) is 4.79 Å². The minimum Gasteiger partial charge on any atom is -0.497 e. The molecule has 0 aromatic heterocycles. The van der Waals surface area contributed by atoms with E-state index in [-0.39, 0.29) is 30.1 Å². The predicted octanol–water partition coefficient (Wildman–Crippen LogP) is 4.93. The van der Waals surface area contributed by atoms with Crippen LogP contribution in [0.1, 0.15) is 36.8 Å². The number of methoxy groups -OCH3 is 2. The summed E-state index contributed by atoms with van der Waals surface area (Å²) in [6, 6.07) is 13.4. The number of carbonyl (C=O) groups excluding carboxylic acids is 1. The van der Waals surface area contributed by atoms with Crippen LogP contribution in [0.5, 0.6) is 17.2 Å². The third kappa shape index (κ3) is 3.29. The van der Waals surface area contributed by atoms with Crippen LogP contribution >= 0.6 is 0 Å². The van der Waals surface area contributed by atoms with Crippen molar-refractivity contribution in [1.82, 2.24) is 4.90 Å². The van der Waals surface area contributed by atoms with Gasteiger partial charge in [0.15, 0.2) is 17.6 Å².